The summed E-state index contributed by atoms with van der Waals surface area (Å²) in [5.41, 5.74) is 2.18. The Morgan fingerprint density at radius 1 is 1.27 bits per heavy atom. The Bertz CT molecular complexity index is 664. The summed E-state index contributed by atoms with van der Waals surface area (Å²) in [7, 11) is 0. The van der Waals surface area contributed by atoms with Crippen LogP contribution < -0.4 is 5.48 Å². The van der Waals surface area contributed by atoms with E-state index in [1.165, 1.54) is 4.90 Å². The number of rotatable bonds is 6. The van der Waals surface area contributed by atoms with Gasteiger partial charge in [-0.3, -0.25) is 14.8 Å². The monoisotopic (exact) mass is 382 g/mol. The molecule has 1 heterocycles. The molecule has 1 aromatic carbocycles. The topological polar surface area (TPSA) is 107 Å². The molecule has 26 heavy (non-hydrogen) atoms. The Kier molecular flexibility index (Phi) is 6.99. The summed E-state index contributed by atoms with van der Waals surface area (Å²) < 4.78 is 0. The first-order valence-electron chi connectivity index (χ1n) is 8.63. The van der Waals surface area contributed by atoms with Gasteiger partial charge in [0.1, 0.15) is 6.04 Å². The van der Waals surface area contributed by atoms with Gasteiger partial charge in [-0.1, -0.05) is 30.7 Å². The molecule has 3 atom stereocenters. The summed E-state index contributed by atoms with van der Waals surface area (Å²) in [5, 5.41) is 19.0. The van der Waals surface area contributed by atoms with E-state index in [1.807, 2.05) is 0 Å². The van der Waals surface area contributed by atoms with Gasteiger partial charge in [0.05, 0.1) is 11.8 Å². The van der Waals surface area contributed by atoms with E-state index < -0.39 is 35.7 Å². The minimum absolute atomic E-state index is 0.303. The van der Waals surface area contributed by atoms with Crippen molar-refractivity contribution < 1.29 is 24.7 Å². The molecular formula is C18H23ClN2O5. The number of carboxylic acid groups (broad SMARTS) is 1. The van der Waals surface area contributed by atoms with Gasteiger partial charge in [0, 0.05) is 11.6 Å². The molecule has 3 unspecified atom stereocenters. The van der Waals surface area contributed by atoms with E-state index in [0.717, 1.165) is 6.42 Å². The third-order valence-electron chi connectivity index (χ3n) is 4.86. The fourth-order valence-corrected chi connectivity index (χ4v) is 3.63. The van der Waals surface area contributed by atoms with E-state index >= 15 is 0 Å². The van der Waals surface area contributed by atoms with Crippen LogP contribution in [-0.2, 0) is 14.4 Å². The number of likely N-dealkylation sites (tertiary alicyclic amines) is 1. The third-order valence-corrected chi connectivity index (χ3v) is 5.11. The summed E-state index contributed by atoms with van der Waals surface area (Å²) >= 11 is 5.92. The van der Waals surface area contributed by atoms with Gasteiger partial charge in [0.2, 0.25) is 11.8 Å². The van der Waals surface area contributed by atoms with E-state index in [9.17, 15) is 19.5 Å². The third kappa shape index (κ3) is 4.34. The standard InChI is InChI=1S/C18H23ClN2O5/c1-2-13(16(22)20-26)15(11-6-8-12(19)9-7-11)17(23)21-10-4-3-5-14(21)18(24)25/h6-9,13-15,26H,2-5,10H2,1H3,(H,20,22)(H,24,25). The minimum Gasteiger partial charge on any atom is -0.480 e. The Labute approximate surface area is 156 Å². The van der Waals surface area contributed by atoms with Crippen LogP contribution in [0.5, 0.6) is 0 Å². The van der Waals surface area contributed by atoms with Crippen molar-refractivity contribution in [1.82, 2.24) is 10.4 Å². The molecule has 2 amide bonds. The van der Waals surface area contributed by atoms with Crippen LogP contribution in [0.25, 0.3) is 0 Å². The highest BCUT2D eigenvalue weighted by Gasteiger charge is 2.41. The zero-order chi connectivity index (χ0) is 19.3. The molecule has 1 saturated heterocycles. The van der Waals surface area contributed by atoms with E-state index in [0.29, 0.717) is 36.4 Å². The van der Waals surface area contributed by atoms with Crippen LogP contribution in [0.3, 0.4) is 0 Å². The second-order valence-corrected chi connectivity index (χ2v) is 6.84. The first-order chi connectivity index (χ1) is 12.4. The second-order valence-electron chi connectivity index (χ2n) is 6.40. The lowest BCUT2D eigenvalue weighted by Crippen LogP contribution is -2.51. The molecule has 0 saturated carbocycles. The highest BCUT2D eigenvalue weighted by atomic mass is 35.5. The van der Waals surface area contributed by atoms with Crippen LogP contribution in [0.1, 0.15) is 44.1 Å². The number of carbonyl (C=O) groups is 3. The SMILES string of the molecule is CCC(C(=O)NO)C(C(=O)N1CCCCC1C(=O)O)c1ccc(Cl)cc1. The number of hydrogen-bond acceptors (Lipinski definition) is 4. The number of carbonyl (C=O) groups excluding carboxylic acids is 2. The van der Waals surface area contributed by atoms with Crippen molar-refractivity contribution >= 4 is 29.4 Å². The molecule has 0 radical (unpaired) electrons. The fourth-order valence-electron chi connectivity index (χ4n) is 3.50. The van der Waals surface area contributed by atoms with Gasteiger partial charge in [-0.05, 0) is 43.4 Å². The van der Waals surface area contributed by atoms with Gasteiger partial charge in [-0.15, -0.1) is 0 Å². The summed E-state index contributed by atoms with van der Waals surface area (Å²) in [6, 6.07) is 5.63. The van der Waals surface area contributed by atoms with Crippen molar-refractivity contribution in [2.24, 2.45) is 5.92 Å². The van der Waals surface area contributed by atoms with Gasteiger partial charge in [-0.25, -0.2) is 10.3 Å². The van der Waals surface area contributed by atoms with Crippen molar-refractivity contribution in [3.05, 3.63) is 34.9 Å². The minimum atomic E-state index is -1.05. The highest BCUT2D eigenvalue weighted by molar-refractivity contribution is 6.30. The maximum Gasteiger partial charge on any atom is 0.326 e. The highest BCUT2D eigenvalue weighted by Crippen LogP contribution is 2.33. The number of hydrogen-bond donors (Lipinski definition) is 3. The molecule has 2 rings (SSSR count). The van der Waals surface area contributed by atoms with E-state index in [2.05, 4.69) is 0 Å². The molecule has 1 aliphatic heterocycles. The molecule has 0 bridgehead atoms. The molecule has 1 aromatic rings. The van der Waals surface area contributed by atoms with Crippen LogP contribution in [0.4, 0.5) is 0 Å². The Balaban J connectivity index is 2.44. The average molecular weight is 383 g/mol. The van der Waals surface area contributed by atoms with Gasteiger partial charge in [-0.2, -0.15) is 0 Å². The van der Waals surface area contributed by atoms with E-state index in [-0.39, 0.29) is 0 Å². The predicted octanol–water partition coefficient (Wildman–Crippen LogP) is 2.42. The van der Waals surface area contributed by atoms with Crippen LogP contribution in [0.2, 0.25) is 5.02 Å². The maximum absolute atomic E-state index is 13.3. The van der Waals surface area contributed by atoms with Crippen LogP contribution >= 0.6 is 11.6 Å². The van der Waals surface area contributed by atoms with Gasteiger partial charge < -0.3 is 10.0 Å². The van der Waals surface area contributed by atoms with Crippen molar-refractivity contribution in [1.29, 1.82) is 0 Å². The summed E-state index contributed by atoms with van der Waals surface area (Å²) in [4.78, 5) is 38.4. The number of piperidine rings is 1. The molecule has 142 valence electrons. The van der Waals surface area contributed by atoms with Crippen LogP contribution in [-0.4, -0.2) is 45.6 Å². The lowest BCUT2D eigenvalue weighted by Gasteiger charge is -2.37. The van der Waals surface area contributed by atoms with Crippen molar-refractivity contribution in [2.45, 2.75) is 44.6 Å². The fraction of sp³-hybridized carbons (Fsp3) is 0.500. The number of nitrogens with one attached hydrogen (secondary N) is 1. The Morgan fingerprint density at radius 3 is 2.46 bits per heavy atom. The average Bonchev–Trinajstić information content (AvgIpc) is 2.65. The number of aliphatic carboxylic acids is 1. The zero-order valence-electron chi connectivity index (χ0n) is 14.5. The van der Waals surface area contributed by atoms with Crippen LogP contribution in [0, 0.1) is 5.92 Å². The number of carboxylic acids is 1. The molecule has 0 aliphatic carbocycles. The molecule has 1 aliphatic rings. The quantitative estimate of drug-likeness (QED) is 0.517. The number of benzene rings is 1. The Morgan fingerprint density at radius 2 is 1.92 bits per heavy atom. The molecule has 0 aromatic heterocycles. The van der Waals surface area contributed by atoms with Gasteiger partial charge in [0.25, 0.3) is 0 Å². The van der Waals surface area contributed by atoms with E-state index in [1.54, 1.807) is 36.7 Å². The first-order valence-corrected chi connectivity index (χ1v) is 9.01. The summed E-state index contributed by atoms with van der Waals surface area (Å²) in [6.07, 6.45) is 2.14. The zero-order valence-corrected chi connectivity index (χ0v) is 15.3. The van der Waals surface area contributed by atoms with Crippen LogP contribution in [0.15, 0.2) is 24.3 Å². The van der Waals surface area contributed by atoms with Gasteiger partial charge >= 0.3 is 5.97 Å². The largest absolute Gasteiger partial charge is 0.480 e. The molecule has 3 N–H and O–H groups in total. The smallest absolute Gasteiger partial charge is 0.326 e. The lowest BCUT2D eigenvalue weighted by molar-refractivity contribution is -0.154. The summed E-state index contributed by atoms with van der Waals surface area (Å²) in [6.45, 7) is 2.07. The lowest BCUT2D eigenvalue weighted by atomic mass is 9.81. The van der Waals surface area contributed by atoms with E-state index in [4.69, 9.17) is 16.8 Å². The van der Waals surface area contributed by atoms with Crippen molar-refractivity contribution in [3.63, 3.8) is 0 Å². The first kappa shape index (κ1) is 20.2. The second kappa shape index (κ2) is 9.00. The number of amides is 2. The molecule has 8 heteroatoms. The van der Waals surface area contributed by atoms with Crippen molar-refractivity contribution in [2.75, 3.05) is 6.54 Å². The number of nitrogens with zero attached hydrogens (tertiary/aromatic N) is 1. The van der Waals surface area contributed by atoms with Crippen molar-refractivity contribution in [3.8, 4) is 0 Å². The number of halogens is 1. The predicted molar refractivity (Wildman–Crippen MR) is 94.9 cm³/mol. The Hall–Kier alpha value is -2.12. The molecular weight excluding hydrogens is 360 g/mol. The molecule has 7 nitrogen and oxygen atoms in total. The molecule has 0 spiro atoms. The maximum atomic E-state index is 13.3. The molecule has 1 fully saturated rings. The summed E-state index contributed by atoms with van der Waals surface area (Å²) in [5.74, 6) is -3.87. The normalized spacial score (nSPS) is 19.5. The number of hydroxylamine groups is 1. The van der Waals surface area contributed by atoms with Gasteiger partial charge in [0.15, 0.2) is 0 Å².